The van der Waals surface area contributed by atoms with E-state index in [-0.39, 0.29) is 23.3 Å². The highest BCUT2D eigenvalue weighted by molar-refractivity contribution is 6.34. The summed E-state index contributed by atoms with van der Waals surface area (Å²) < 4.78 is 0. The molecule has 1 aromatic rings. The van der Waals surface area contributed by atoms with Crippen LogP contribution in [0.15, 0.2) is 6.33 Å². The second-order valence-corrected chi connectivity index (χ2v) is 3.19. The lowest BCUT2D eigenvalue weighted by molar-refractivity contribution is 0.0954. The molecule has 6 heteroatoms. The van der Waals surface area contributed by atoms with E-state index < -0.39 is 6.10 Å². The van der Waals surface area contributed by atoms with Crippen LogP contribution in [-0.4, -0.2) is 32.9 Å². The molecule has 2 N–H and O–H groups in total. The maximum Gasteiger partial charge on any atom is 0.137 e. The van der Waals surface area contributed by atoms with Crippen LogP contribution in [0.2, 0.25) is 10.3 Å². The van der Waals surface area contributed by atoms with E-state index in [1.165, 1.54) is 6.33 Å². The molecular weight excluding hydrogens is 215 g/mol. The van der Waals surface area contributed by atoms with E-state index >= 15 is 0 Å². The van der Waals surface area contributed by atoms with E-state index in [0.29, 0.717) is 5.56 Å². The van der Waals surface area contributed by atoms with Gasteiger partial charge < -0.3 is 10.2 Å². The Bertz CT molecular complexity index is 276. The van der Waals surface area contributed by atoms with Gasteiger partial charge in [0.25, 0.3) is 0 Å². The summed E-state index contributed by atoms with van der Waals surface area (Å²) in [5.41, 5.74) is 0.451. The largest absolute Gasteiger partial charge is 0.394 e. The van der Waals surface area contributed by atoms with Gasteiger partial charge in [0.15, 0.2) is 0 Å². The standard InChI is InChI=1S/C7H8Cl2N2O2/c8-6-5(1-4(13)2-12)7(9)11-3-10-6/h3-4,12-13H,1-2H2. The Hall–Kier alpha value is -0.420. The summed E-state index contributed by atoms with van der Waals surface area (Å²) in [6.07, 6.45) is 0.495. The van der Waals surface area contributed by atoms with Gasteiger partial charge in [-0.1, -0.05) is 23.2 Å². The molecule has 1 atom stereocenters. The zero-order valence-corrected chi connectivity index (χ0v) is 8.13. The quantitative estimate of drug-likeness (QED) is 0.739. The zero-order chi connectivity index (χ0) is 9.84. The number of aliphatic hydroxyl groups excluding tert-OH is 2. The lowest BCUT2D eigenvalue weighted by Crippen LogP contribution is -2.16. The number of hydrogen-bond acceptors (Lipinski definition) is 4. The number of aromatic nitrogens is 2. The van der Waals surface area contributed by atoms with Gasteiger partial charge in [0.2, 0.25) is 0 Å². The third kappa shape index (κ3) is 2.77. The minimum absolute atomic E-state index is 0.148. The first-order valence-corrected chi connectivity index (χ1v) is 4.34. The predicted octanol–water partition coefficient (Wildman–Crippen LogP) is 0.679. The summed E-state index contributed by atoms with van der Waals surface area (Å²) in [5.74, 6) is 0. The fourth-order valence-electron chi connectivity index (χ4n) is 0.840. The summed E-state index contributed by atoms with van der Waals surface area (Å²) in [6.45, 7) is -0.346. The third-order valence-corrected chi connectivity index (χ3v) is 2.14. The van der Waals surface area contributed by atoms with Gasteiger partial charge in [-0.15, -0.1) is 0 Å². The first-order chi connectivity index (χ1) is 6.15. The van der Waals surface area contributed by atoms with Gasteiger partial charge in [-0.2, -0.15) is 0 Å². The van der Waals surface area contributed by atoms with Crippen LogP contribution in [-0.2, 0) is 6.42 Å². The van der Waals surface area contributed by atoms with E-state index in [2.05, 4.69) is 9.97 Å². The molecule has 72 valence electrons. The Morgan fingerprint density at radius 1 is 1.31 bits per heavy atom. The number of nitrogens with zero attached hydrogens (tertiary/aromatic N) is 2. The summed E-state index contributed by atoms with van der Waals surface area (Å²) in [5, 5.41) is 18.1. The summed E-state index contributed by atoms with van der Waals surface area (Å²) in [7, 11) is 0. The first kappa shape index (κ1) is 10.7. The van der Waals surface area contributed by atoms with E-state index in [1.54, 1.807) is 0 Å². The molecule has 0 bridgehead atoms. The number of aliphatic hydroxyl groups is 2. The molecule has 0 aliphatic carbocycles. The summed E-state index contributed by atoms with van der Waals surface area (Å²) in [6, 6.07) is 0. The van der Waals surface area contributed by atoms with Crippen molar-refractivity contribution >= 4 is 23.2 Å². The molecule has 0 aliphatic rings. The van der Waals surface area contributed by atoms with Crippen LogP contribution >= 0.6 is 23.2 Å². The third-order valence-electron chi connectivity index (χ3n) is 1.49. The van der Waals surface area contributed by atoms with Crippen molar-refractivity contribution in [2.24, 2.45) is 0 Å². The van der Waals surface area contributed by atoms with Crippen LogP contribution in [0.3, 0.4) is 0 Å². The van der Waals surface area contributed by atoms with Crippen LogP contribution in [0.5, 0.6) is 0 Å². The highest BCUT2D eigenvalue weighted by Crippen LogP contribution is 2.20. The lowest BCUT2D eigenvalue weighted by atomic mass is 10.1. The van der Waals surface area contributed by atoms with Crippen LogP contribution in [0.1, 0.15) is 5.56 Å². The van der Waals surface area contributed by atoms with Gasteiger partial charge in [-0.25, -0.2) is 9.97 Å². The van der Waals surface area contributed by atoms with Gasteiger partial charge in [-0.3, -0.25) is 0 Å². The van der Waals surface area contributed by atoms with E-state index in [9.17, 15) is 0 Å². The predicted molar refractivity (Wildman–Crippen MR) is 48.8 cm³/mol. The summed E-state index contributed by atoms with van der Waals surface area (Å²) in [4.78, 5) is 7.41. The highest BCUT2D eigenvalue weighted by Gasteiger charge is 2.12. The molecule has 0 fully saturated rings. The number of halogens is 2. The smallest absolute Gasteiger partial charge is 0.137 e. The average molecular weight is 223 g/mol. The molecule has 0 saturated heterocycles. The number of hydrogen-bond donors (Lipinski definition) is 2. The fraction of sp³-hybridized carbons (Fsp3) is 0.429. The average Bonchev–Trinajstić information content (AvgIpc) is 2.11. The van der Waals surface area contributed by atoms with Gasteiger partial charge in [0, 0.05) is 12.0 Å². The van der Waals surface area contributed by atoms with E-state index in [4.69, 9.17) is 33.4 Å². The Kier molecular flexibility index (Phi) is 3.87. The van der Waals surface area contributed by atoms with Gasteiger partial charge in [-0.05, 0) is 0 Å². The summed E-state index contributed by atoms with van der Waals surface area (Å²) >= 11 is 11.4. The first-order valence-electron chi connectivity index (χ1n) is 3.59. The van der Waals surface area contributed by atoms with Crippen molar-refractivity contribution in [1.82, 2.24) is 9.97 Å². The molecule has 13 heavy (non-hydrogen) atoms. The molecule has 0 spiro atoms. The maximum atomic E-state index is 9.14. The van der Waals surface area contributed by atoms with Crippen molar-refractivity contribution < 1.29 is 10.2 Å². The normalized spacial score (nSPS) is 12.9. The Labute approximate surface area is 85.2 Å². The SMILES string of the molecule is OCC(O)Cc1c(Cl)ncnc1Cl. The molecule has 0 aliphatic heterocycles. The van der Waals surface area contributed by atoms with Crippen molar-refractivity contribution in [3.63, 3.8) is 0 Å². The fourth-order valence-corrected chi connectivity index (χ4v) is 1.31. The van der Waals surface area contributed by atoms with Crippen molar-refractivity contribution in [3.8, 4) is 0 Å². The van der Waals surface area contributed by atoms with Gasteiger partial charge >= 0.3 is 0 Å². The van der Waals surface area contributed by atoms with Crippen LogP contribution in [0.4, 0.5) is 0 Å². The van der Waals surface area contributed by atoms with Crippen LogP contribution < -0.4 is 0 Å². The van der Waals surface area contributed by atoms with Crippen LogP contribution in [0.25, 0.3) is 0 Å². The van der Waals surface area contributed by atoms with Crippen molar-refractivity contribution in [3.05, 3.63) is 22.2 Å². The second-order valence-electron chi connectivity index (χ2n) is 2.47. The molecule has 4 nitrogen and oxygen atoms in total. The van der Waals surface area contributed by atoms with Crippen LogP contribution in [0, 0.1) is 0 Å². The molecule has 0 radical (unpaired) electrons. The minimum atomic E-state index is -0.888. The maximum absolute atomic E-state index is 9.14. The minimum Gasteiger partial charge on any atom is -0.394 e. The van der Waals surface area contributed by atoms with E-state index in [1.807, 2.05) is 0 Å². The highest BCUT2D eigenvalue weighted by atomic mass is 35.5. The van der Waals surface area contributed by atoms with Gasteiger partial charge in [0.1, 0.15) is 16.6 Å². The molecule has 1 aromatic heterocycles. The van der Waals surface area contributed by atoms with Crippen molar-refractivity contribution in [2.75, 3.05) is 6.61 Å². The van der Waals surface area contributed by atoms with E-state index in [0.717, 1.165) is 0 Å². The molecule has 1 unspecified atom stereocenters. The van der Waals surface area contributed by atoms with Crippen molar-refractivity contribution in [1.29, 1.82) is 0 Å². The molecule has 0 amide bonds. The van der Waals surface area contributed by atoms with Gasteiger partial charge in [0.05, 0.1) is 12.7 Å². The number of rotatable bonds is 3. The van der Waals surface area contributed by atoms with Crippen molar-refractivity contribution in [2.45, 2.75) is 12.5 Å². The molecule has 0 saturated carbocycles. The Balaban J connectivity index is 2.87. The topological polar surface area (TPSA) is 66.2 Å². The monoisotopic (exact) mass is 222 g/mol. The molecular formula is C7H8Cl2N2O2. The Morgan fingerprint density at radius 2 is 1.85 bits per heavy atom. The molecule has 1 rings (SSSR count). The molecule has 0 aromatic carbocycles. The Morgan fingerprint density at radius 3 is 2.31 bits per heavy atom. The second kappa shape index (κ2) is 4.72. The zero-order valence-electron chi connectivity index (χ0n) is 6.61. The lowest BCUT2D eigenvalue weighted by Gasteiger charge is -2.08. The molecule has 1 heterocycles.